The molecule has 2 fully saturated rings. The first-order valence-electron chi connectivity index (χ1n) is 8.69. The summed E-state index contributed by atoms with van der Waals surface area (Å²) in [6.45, 7) is 3.93. The van der Waals surface area contributed by atoms with Gasteiger partial charge in [-0.05, 0) is 35.6 Å². The van der Waals surface area contributed by atoms with Crippen molar-refractivity contribution in [1.29, 1.82) is 0 Å². The third kappa shape index (κ3) is 4.97. The Morgan fingerprint density at radius 3 is 2.21 bits per heavy atom. The van der Waals surface area contributed by atoms with Crippen molar-refractivity contribution in [2.45, 2.75) is 11.9 Å². The Morgan fingerprint density at radius 1 is 1.17 bits per heavy atom. The molecule has 4 rings (SSSR count). The summed E-state index contributed by atoms with van der Waals surface area (Å²) in [6.07, 6.45) is 1.14. The van der Waals surface area contributed by atoms with Gasteiger partial charge < -0.3 is 10.2 Å². The highest BCUT2D eigenvalue weighted by atomic mass is 32.2. The molecule has 0 bridgehead atoms. The average Bonchev–Trinajstić information content (AvgIpc) is 3.30. The molecule has 0 radical (unpaired) electrons. The maximum absolute atomic E-state index is 12.6. The molecule has 1 aromatic carbocycles. The molecule has 2 aliphatic heterocycles. The predicted molar refractivity (Wildman–Crippen MR) is 103 cm³/mol. The standard InChI is InChI=1S/C17H18N2OS.CHF3O3S/c20-16(19-8-7-17(12-19)10-18-11-17)14-5-3-13(4-6-14)15-2-1-9-21-15;2-1(3,4)8(5,6)7/h1-6,9,18H,7-8,10-12H2;(H,5,6,7). The molecule has 2 aromatic rings. The summed E-state index contributed by atoms with van der Waals surface area (Å²) in [7, 11) is -5.84. The van der Waals surface area contributed by atoms with Crippen LogP contribution in [0.5, 0.6) is 0 Å². The Hall–Kier alpha value is -1.95. The van der Waals surface area contributed by atoms with Crippen LogP contribution >= 0.6 is 11.3 Å². The van der Waals surface area contributed by atoms with Crippen LogP contribution in [0.2, 0.25) is 0 Å². The topological polar surface area (TPSA) is 86.7 Å². The summed E-state index contributed by atoms with van der Waals surface area (Å²) >= 11 is 1.72. The SMILES string of the molecule is O=C(c1ccc(-c2cccs2)cc1)N1CCC2(CNC2)C1.O=S(=O)(O)C(F)(F)F. The molecule has 1 amide bonds. The predicted octanol–water partition coefficient (Wildman–Crippen LogP) is 3.24. The molecular weight excluding hydrogens is 429 g/mol. The van der Waals surface area contributed by atoms with E-state index in [4.69, 9.17) is 13.0 Å². The van der Waals surface area contributed by atoms with Gasteiger partial charge in [0.1, 0.15) is 0 Å². The van der Waals surface area contributed by atoms with E-state index in [0.29, 0.717) is 5.41 Å². The minimum absolute atomic E-state index is 0.177. The van der Waals surface area contributed by atoms with E-state index in [1.807, 2.05) is 17.0 Å². The molecule has 29 heavy (non-hydrogen) atoms. The van der Waals surface area contributed by atoms with Crippen LogP contribution in [0.4, 0.5) is 13.2 Å². The minimum atomic E-state index is -5.84. The lowest BCUT2D eigenvalue weighted by atomic mass is 9.81. The zero-order valence-corrected chi connectivity index (χ0v) is 16.8. The van der Waals surface area contributed by atoms with Crippen molar-refractivity contribution in [1.82, 2.24) is 10.2 Å². The molecule has 1 spiro atoms. The summed E-state index contributed by atoms with van der Waals surface area (Å²) in [6, 6.07) is 12.2. The van der Waals surface area contributed by atoms with Gasteiger partial charge in [-0.15, -0.1) is 11.3 Å². The summed E-state index contributed by atoms with van der Waals surface area (Å²) in [5.41, 5.74) is -3.18. The van der Waals surface area contributed by atoms with Gasteiger partial charge in [0, 0.05) is 42.0 Å². The number of carbonyl (C=O) groups excluding carboxylic acids is 1. The Morgan fingerprint density at radius 2 is 1.79 bits per heavy atom. The molecular formula is C18H19F3N2O4S2. The van der Waals surface area contributed by atoms with Gasteiger partial charge >= 0.3 is 15.6 Å². The molecule has 0 atom stereocenters. The van der Waals surface area contributed by atoms with Gasteiger partial charge in [0.25, 0.3) is 5.91 Å². The average molecular weight is 448 g/mol. The second kappa shape index (κ2) is 8.05. The molecule has 2 saturated heterocycles. The third-order valence-corrected chi connectivity index (χ3v) is 6.46. The first-order chi connectivity index (χ1) is 13.5. The number of hydrogen-bond donors (Lipinski definition) is 2. The van der Waals surface area contributed by atoms with Gasteiger partial charge in [-0.25, -0.2) is 0 Å². The lowest BCUT2D eigenvalue weighted by Gasteiger charge is -2.39. The summed E-state index contributed by atoms with van der Waals surface area (Å²) in [4.78, 5) is 15.8. The van der Waals surface area contributed by atoms with E-state index in [9.17, 15) is 18.0 Å². The number of thiophene rings is 1. The molecule has 158 valence electrons. The van der Waals surface area contributed by atoms with E-state index in [2.05, 4.69) is 35.0 Å². The quantitative estimate of drug-likeness (QED) is 0.544. The molecule has 0 saturated carbocycles. The lowest BCUT2D eigenvalue weighted by molar-refractivity contribution is -0.0510. The molecule has 11 heteroatoms. The van der Waals surface area contributed by atoms with Gasteiger partial charge in [0.2, 0.25) is 0 Å². The van der Waals surface area contributed by atoms with Crippen molar-refractivity contribution < 1.29 is 30.9 Å². The first-order valence-corrected chi connectivity index (χ1v) is 11.0. The number of amides is 1. The number of hydrogen-bond acceptors (Lipinski definition) is 5. The highest BCUT2D eigenvalue weighted by molar-refractivity contribution is 7.86. The largest absolute Gasteiger partial charge is 0.522 e. The number of carbonyl (C=O) groups is 1. The van der Waals surface area contributed by atoms with Crippen LogP contribution in [-0.4, -0.2) is 55.5 Å². The Bertz CT molecular complexity index is 954. The molecule has 0 aliphatic carbocycles. The maximum Gasteiger partial charge on any atom is 0.522 e. The van der Waals surface area contributed by atoms with Gasteiger partial charge in [-0.2, -0.15) is 21.6 Å². The van der Waals surface area contributed by atoms with Crippen LogP contribution in [0.3, 0.4) is 0 Å². The highest BCUT2D eigenvalue weighted by Crippen LogP contribution is 2.34. The number of benzene rings is 1. The fraction of sp³-hybridized carbons (Fsp3) is 0.389. The summed E-state index contributed by atoms with van der Waals surface area (Å²) < 4.78 is 57.5. The van der Waals surface area contributed by atoms with Crippen LogP contribution in [0.1, 0.15) is 16.8 Å². The summed E-state index contributed by atoms with van der Waals surface area (Å²) in [5, 5.41) is 5.40. The van der Waals surface area contributed by atoms with Gasteiger partial charge in [-0.1, -0.05) is 18.2 Å². The van der Waals surface area contributed by atoms with E-state index in [1.54, 1.807) is 11.3 Å². The molecule has 2 aliphatic rings. The Balaban J connectivity index is 0.000000258. The van der Waals surface area contributed by atoms with Crippen LogP contribution < -0.4 is 5.32 Å². The smallest absolute Gasteiger partial charge is 0.338 e. The number of halogens is 3. The zero-order chi connectivity index (χ0) is 21.3. The van der Waals surface area contributed by atoms with Crippen LogP contribution in [0.15, 0.2) is 41.8 Å². The second-order valence-electron chi connectivity index (χ2n) is 7.06. The van der Waals surface area contributed by atoms with E-state index in [1.165, 1.54) is 10.4 Å². The number of nitrogens with one attached hydrogen (secondary N) is 1. The zero-order valence-electron chi connectivity index (χ0n) is 15.1. The molecule has 3 heterocycles. The fourth-order valence-corrected chi connectivity index (χ4v) is 4.01. The van der Waals surface area contributed by atoms with E-state index >= 15 is 0 Å². The fourth-order valence-electron chi connectivity index (χ4n) is 3.28. The van der Waals surface area contributed by atoms with Crippen molar-refractivity contribution in [2.24, 2.45) is 5.41 Å². The highest BCUT2D eigenvalue weighted by Gasteiger charge is 2.45. The van der Waals surface area contributed by atoms with Crippen LogP contribution in [-0.2, 0) is 10.1 Å². The van der Waals surface area contributed by atoms with Gasteiger partial charge in [0.15, 0.2) is 0 Å². The van der Waals surface area contributed by atoms with Crippen molar-refractivity contribution in [2.75, 3.05) is 26.2 Å². The van der Waals surface area contributed by atoms with Crippen molar-refractivity contribution in [3.63, 3.8) is 0 Å². The van der Waals surface area contributed by atoms with Crippen molar-refractivity contribution in [3.8, 4) is 10.4 Å². The van der Waals surface area contributed by atoms with Crippen LogP contribution in [0, 0.1) is 5.41 Å². The maximum atomic E-state index is 12.6. The van der Waals surface area contributed by atoms with Crippen LogP contribution in [0.25, 0.3) is 10.4 Å². The van der Waals surface area contributed by atoms with Gasteiger partial charge in [0.05, 0.1) is 0 Å². The molecule has 1 aromatic heterocycles. The lowest BCUT2D eigenvalue weighted by Crippen LogP contribution is -2.55. The summed E-state index contributed by atoms with van der Waals surface area (Å²) in [5.74, 6) is 0.177. The monoisotopic (exact) mass is 448 g/mol. The molecule has 6 nitrogen and oxygen atoms in total. The normalized spacial score (nSPS) is 18.1. The third-order valence-electron chi connectivity index (χ3n) is 4.96. The van der Waals surface area contributed by atoms with E-state index in [0.717, 1.165) is 38.2 Å². The molecule has 0 unspecified atom stereocenters. The second-order valence-corrected chi connectivity index (χ2v) is 9.42. The van der Waals surface area contributed by atoms with E-state index < -0.39 is 15.6 Å². The number of likely N-dealkylation sites (tertiary alicyclic amines) is 1. The first kappa shape index (κ1) is 21.8. The van der Waals surface area contributed by atoms with Crippen molar-refractivity contribution in [3.05, 3.63) is 47.3 Å². The van der Waals surface area contributed by atoms with E-state index in [-0.39, 0.29) is 5.91 Å². The Labute approximate surface area is 170 Å². The van der Waals surface area contributed by atoms with Crippen molar-refractivity contribution >= 4 is 27.4 Å². The van der Waals surface area contributed by atoms with Gasteiger partial charge in [-0.3, -0.25) is 9.35 Å². The minimum Gasteiger partial charge on any atom is -0.338 e. The molecule has 2 N–H and O–H groups in total. The number of alkyl halides is 3. The number of rotatable bonds is 2. The number of nitrogens with zero attached hydrogens (tertiary/aromatic N) is 1. The Kier molecular flexibility index (Phi) is 6.04.